The molecule has 1 aliphatic heterocycles. The number of fused-ring (bicyclic) bond motifs is 1. The van der Waals surface area contributed by atoms with E-state index in [4.69, 9.17) is 18.3 Å². The Balaban J connectivity index is 0.00000176. The van der Waals surface area contributed by atoms with Gasteiger partial charge in [0.1, 0.15) is 0 Å². The minimum Gasteiger partial charge on any atom is -0.489 e. The predicted octanol–water partition coefficient (Wildman–Crippen LogP) is -0.995. The molecule has 1 atom stereocenters. The Kier molecular flexibility index (Phi) is 6.34. The summed E-state index contributed by atoms with van der Waals surface area (Å²) in [5, 5.41) is 3.18. The third kappa shape index (κ3) is 4.26. The number of rotatable bonds is 5. The van der Waals surface area contributed by atoms with Gasteiger partial charge in [0.25, 0.3) is 0 Å². The van der Waals surface area contributed by atoms with E-state index in [-0.39, 0.29) is 71.0 Å². The van der Waals surface area contributed by atoms with E-state index in [0.29, 0.717) is 11.5 Å². The Bertz CT molecular complexity index is 693. The second-order valence-corrected chi connectivity index (χ2v) is 4.98. The van der Waals surface area contributed by atoms with Gasteiger partial charge in [-0.15, -0.1) is 6.54 Å². The van der Waals surface area contributed by atoms with Crippen LogP contribution in [0.15, 0.2) is 31.8 Å². The van der Waals surface area contributed by atoms with Gasteiger partial charge in [-0.05, 0) is 35.9 Å². The molecular formula is C15H16NO5Rb. The van der Waals surface area contributed by atoms with Crippen LogP contribution in [0.1, 0.15) is 24.0 Å². The molecule has 1 aliphatic rings. The minimum atomic E-state index is -0.691. The Morgan fingerprint density at radius 2 is 2.05 bits per heavy atom. The van der Waals surface area contributed by atoms with Crippen LogP contribution in [0, 0.1) is 13.5 Å². The predicted molar refractivity (Wildman–Crippen MR) is 74.2 cm³/mol. The molecule has 1 aromatic heterocycles. The van der Waals surface area contributed by atoms with E-state index in [0.717, 1.165) is 23.5 Å². The molecule has 0 amide bonds. The van der Waals surface area contributed by atoms with E-state index in [9.17, 15) is 4.79 Å². The third-order valence-corrected chi connectivity index (χ3v) is 3.25. The zero-order valence-corrected chi connectivity index (χ0v) is 17.8. The third-order valence-electron chi connectivity index (χ3n) is 3.25. The molecule has 0 fully saturated rings. The number of aryl methyl sites for hydroxylation is 1. The van der Waals surface area contributed by atoms with Crippen LogP contribution < -0.4 is 78.8 Å². The van der Waals surface area contributed by atoms with E-state index in [1.54, 1.807) is 13.5 Å². The van der Waals surface area contributed by atoms with E-state index in [1.807, 2.05) is 25.1 Å². The van der Waals surface area contributed by atoms with E-state index in [2.05, 4.69) is 5.32 Å². The molecule has 6 nitrogen and oxygen atoms in total. The van der Waals surface area contributed by atoms with Gasteiger partial charge >= 0.3 is 64.0 Å². The number of hydrogen-bond donors (Lipinski definition) is 1. The van der Waals surface area contributed by atoms with Crippen molar-refractivity contribution in [2.75, 3.05) is 6.79 Å². The van der Waals surface area contributed by atoms with Crippen LogP contribution in [0.5, 0.6) is 11.5 Å². The van der Waals surface area contributed by atoms with Gasteiger partial charge in [0.2, 0.25) is 6.79 Å². The van der Waals surface area contributed by atoms with Gasteiger partial charge in [-0.25, -0.2) is 4.79 Å². The molecule has 0 bridgehead atoms. The Hall–Kier alpha value is -0.535. The van der Waals surface area contributed by atoms with Crippen molar-refractivity contribution in [2.24, 2.45) is 0 Å². The molecular weight excluding hydrogens is 360 g/mol. The summed E-state index contributed by atoms with van der Waals surface area (Å²) < 4.78 is 20.3. The molecule has 2 heterocycles. The monoisotopic (exact) mass is 375 g/mol. The van der Waals surface area contributed by atoms with Crippen LogP contribution in [0.25, 0.3) is 0 Å². The zero-order chi connectivity index (χ0) is 14.8. The summed E-state index contributed by atoms with van der Waals surface area (Å²) in [5.41, 5.74) is 1.14. The first-order chi connectivity index (χ1) is 10.1. The molecule has 0 unspecified atom stereocenters. The number of benzene rings is 1. The molecule has 1 N–H and O–H groups in total. The zero-order valence-electron chi connectivity index (χ0n) is 12.8. The van der Waals surface area contributed by atoms with Crippen molar-refractivity contribution in [2.45, 2.75) is 26.3 Å². The van der Waals surface area contributed by atoms with Gasteiger partial charge in [-0.2, -0.15) is 0 Å². The first-order valence-electron chi connectivity index (χ1n) is 6.70. The van der Waals surface area contributed by atoms with Crippen LogP contribution in [0.4, 0.5) is 0 Å². The molecule has 0 radical (unpaired) electrons. The molecule has 2 aromatic rings. The normalized spacial score (nSPS) is 13.5. The van der Waals surface area contributed by atoms with Crippen molar-refractivity contribution >= 4 is 0 Å². The van der Waals surface area contributed by atoms with Crippen LogP contribution in [-0.4, -0.2) is 12.8 Å². The molecule has 0 saturated carbocycles. The SMILES string of the molecule is Cc1oc(=O)oc1[CH-]N[C@@H](C)Cc1ccc2c(c1)OCO2.[Rb+]. The van der Waals surface area contributed by atoms with Crippen molar-refractivity contribution in [1.82, 2.24) is 5.32 Å². The fourth-order valence-electron chi connectivity index (χ4n) is 2.19. The van der Waals surface area contributed by atoms with Gasteiger partial charge in [0.05, 0.1) is 0 Å². The van der Waals surface area contributed by atoms with Gasteiger partial charge in [-0.3, -0.25) is 0 Å². The topological polar surface area (TPSA) is 73.8 Å². The maximum atomic E-state index is 10.9. The second-order valence-electron chi connectivity index (χ2n) is 4.98. The maximum absolute atomic E-state index is 10.9. The van der Waals surface area contributed by atoms with Crippen LogP contribution in [0.2, 0.25) is 0 Å². The largest absolute Gasteiger partial charge is 1.00 e. The standard InChI is InChI=1S/C15H16NO5.Rb/c1-9(16-7-14-10(2)20-15(17)21-14)5-11-3-4-12-13(6-11)19-8-18-12;/h3-4,6-7,9,16H,5,8H2,1-2H3;/q-1;+1/t9-;/m0./s1. The smallest absolute Gasteiger partial charge is 0.489 e. The van der Waals surface area contributed by atoms with Crippen molar-refractivity contribution in [3.05, 3.63) is 52.4 Å². The van der Waals surface area contributed by atoms with Gasteiger partial charge in [-0.1, -0.05) is 19.9 Å². The Morgan fingerprint density at radius 3 is 2.77 bits per heavy atom. The van der Waals surface area contributed by atoms with Crippen LogP contribution in [-0.2, 0) is 6.42 Å². The summed E-state index contributed by atoms with van der Waals surface area (Å²) in [6.07, 6.45) is 0.800. The van der Waals surface area contributed by atoms with Gasteiger partial charge in [0.15, 0.2) is 11.5 Å². The quantitative estimate of drug-likeness (QED) is 0.676. The molecule has 0 saturated heterocycles. The van der Waals surface area contributed by atoms with Crippen molar-refractivity contribution in [3.63, 3.8) is 0 Å². The van der Waals surface area contributed by atoms with Crippen molar-refractivity contribution in [1.29, 1.82) is 0 Å². The molecule has 7 heteroatoms. The second kappa shape index (κ2) is 7.83. The van der Waals surface area contributed by atoms with Crippen LogP contribution in [0.3, 0.4) is 0 Å². The van der Waals surface area contributed by atoms with E-state index in [1.165, 1.54) is 0 Å². The number of ether oxygens (including phenoxy) is 2. The summed E-state index contributed by atoms with van der Waals surface area (Å²) in [4.78, 5) is 10.9. The number of hydrogen-bond acceptors (Lipinski definition) is 6. The summed E-state index contributed by atoms with van der Waals surface area (Å²) in [6.45, 7) is 5.65. The summed E-state index contributed by atoms with van der Waals surface area (Å²) in [6, 6.07) is 6.05. The fourth-order valence-corrected chi connectivity index (χ4v) is 2.19. The average molecular weight is 376 g/mol. The molecule has 0 aliphatic carbocycles. The summed E-state index contributed by atoms with van der Waals surface area (Å²) >= 11 is 0. The Morgan fingerprint density at radius 1 is 1.27 bits per heavy atom. The Labute approximate surface area is 177 Å². The first-order valence-corrected chi connectivity index (χ1v) is 6.70. The molecule has 0 spiro atoms. The number of nitrogens with one attached hydrogen (secondary N) is 1. The summed E-state index contributed by atoms with van der Waals surface area (Å²) in [7, 11) is 0. The summed E-state index contributed by atoms with van der Waals surface area (Å²) in [5.74, 6) is 1.74. The van der Waals surface area contributed by atoms with Gasteiger partial charge in [0, 0.05) is 5.76 Å². The minimum absolute atomic E-state index is 0. The van der Waals surface area contributed by atoms with E-state index >= 15 is 0 Å². The maximum Gasteiger partial charge on any atom is 1.00 e. The molecule has 3 rings (SSSR count). The first kappa shape index (κ1) is 17.8. The fraction of sp³-hybridized carbons (Fsp3) is 0.333. The van der Waals surface area contributed by atoms with Crippen LogP contribution >= 0.6 is 0 Å². The van der Waals surface area contributed by atoms with Gasteiger partial charge < -0.3 is 23.6 Å². The van der Waals surface area contributed by atoms with Crippen molar-refractivity contribution < 1.29 is 76.5 Å². The molecule has 1 aromatic carbocycles. The molecule has 112 valence electrons. The van der Waals surface area contributed by atoms with Crippen molar-refractivity contribution in [3.8, 4) is 11.5 Å². The van der Waals surface area contributed by atoms with E-state index < -0.39 is 5.82 Å². The molecule has 22 heavy (non-hydrogen) atoms. The average Bonchev–Trinajstić information content (AvgIpc) is 3.02.